The minimum atomic E-state index is -1.16. The van der Waals surface area contributed by atoms with Gasteiger partial charge in [0.15, 0.2) is 6.04 Å². The molecule has 180 valence electrons. The van der Waals surface area contributed by atoms with Crippen LogP contribution in [0.2, 0.25) is 0 Å². The summed E-state index contributed by atoms with van der Waals surface area (Å²) in [5.74, 6) is -2.21. The van der Waals surface area contributed by atoms with Gasteiger partial charge in [0.2, 0.25) is 0 Å². The second-order valence-corrected chi connectivity index (χ2v) is 9.44. The predicted octanol–water partition coefficient (Wildman–Crippen LogP) is 2.60. The maximum atomic E-state index is 13.3. The Hall–Kier alpha value is -3.39. The van der Waals surface area contributed by atoms with E-state index in [-0.39, 0.29) is 25.0 Å². The van der Waals surface area contributed by atoms with Crippen molar-refractivity contribution in [3.63, 3.8) is 0 Å². The van der Waals surface area contributed by atoms with E-state index in [2.05, 4.69) is 4.99 Å². The molecule has 1 aliphatic carbocycles. The molecular formula is C26H29N2O6-. The van der Waals surface area contributed by atoms with Crippen molar-refractivity contribution in [1.29, 1.82) is 0 Å². The first-order chi connectivity index (χ1) is 16.1. The van der Waals surface area contributed by atoms with Gasteiger partial charge in [-0.25, -0.2) is 4.79 Å². The van der Waals surface area contributed by atoms with Crippen molar-refractivity contribution in [3.8, 4) is 11.1 Å². The van der Waals surface area contributed by atoms with Crippen molar-refractivity contribution in [1.82, 2.24) is 4.90 Å². The summed E-state index contributed by atoms with van der Waals surface area (Å²) < 4.78 is 11.1. The molecule has 0 spiro atoms. The highest BCUT2D eigenvalue weighted by Crippen LogP contribution is 2.44. The van der Waals surface area contributed by atoms with Crippen LogP contribution in [0.15, 0.2) is 53.5 Å². The Balaban J connectivity index is 1.54. The molecule has 0 saturated carbocycles. The van der Waals surface area contributed by atoms with Gasteiger partial charge in [-0.2, -0.15) is 0 Å². The molecule has 4 rings (SSSR count). The lowest BCUT2D eigenvalue weighted by atomic mass is 9.98. The summed E-state index contributed by atoms with van der Waals surface area (Å²) in [5, 5.41) is 22.3. The van der Waals surface area contributed by atoms with Crippen LogP contribution in [0.1, 0.15) is 44.7 Å². The van der Waals surface area contributed by atoms with E-state index < -0.39 is 35.8 Å². The van der Waals surface area contributed by atoms with E-state index >= 15 is 0 Å². The first-order valence-electron chi connectivity index (χ1n) is 11.4. The number of aliphatic carboxylic acids is 1. The molecule has 2 atom stereocenters. The second kappa shape index (κ2) is 9.10. The van der Waals surface area contributed by atoms with E-state index in [1.165, 1.54) is 4.90 Å². The number of ether oxygens (including phenoxy) is 2. The molecule has 1 unspecified atom stereocenters. The van der Waals surface area contributed by atoms with Gasteiger partial charge in [0, 0.05) is 12.5 Å². The molecule has 34 heavy (non-hydrogen) atoms. The number of aliphatic imine (C=N–C) groups is 1. The number of rotatable bonds is 6. The van der Waals surface area contributed by atoms with Crippen molar-refractivity contribution in [3.05, 3.63) is 59.7 Å². The number of hydrogen-bond acceptors (Lipinski definition) is 6. The van der Waals surface area contributed by atoms with Gasteiger partial charge in [-0.15, -0.1) is 0 Å². The van der Waals surface area contributed by atoms with Gasteiger partial charge in [0.25, 0.3) is 5.91 Å². The van der Waals surface area contributed by atoms with Crippen molar-refractivity contribution in [2.75, 3.05) is 13.2 Å². The molecule has 1 saturated heterocycles. The summed E-state index contributed by atoms with van der Waals surface area (Å²) in [6, 6.07) is 13.8. The fourth-order valence-electron chi connectivity index (χ4n) is 4.78. The quantitative estimate of drug-likeness (QED) is 0.519. The Morgan fingerprint density at radius 2 is 1.71 bits per heavy atom. The van der Waals surface area contributed by atoms with Gasteiger partial charge in [-0.05, 0) is 42.0 Å². The van der Waals surface area contributed by atoms with Crippen molar-refractivity contribution in [2.24, 2.45) is 10.9 Å². The average Bonchev–Trinajstić information content (AvgIpc) is 3.29. The third-order valence-corrected chi connectivity index (χ3v) is 6.47. The highest BCUT2D eigenvalue weighted by atomic mass is 16.6. The van der Waals surface area contributed by atoms with Crippen LogP contribution < -0.4 is 5.11 Å². The van der Waals surface area contributed by atoms with Crippen LogP contribution in [0.3, 0.4) is 0 Å². The van der Waals surface area contributed by atoms with Crippen LogP contribution >= 0.6 is 0 Å². The SMILES string of the molecule is CC(C)[C@H](N=C([O-])OCC1c2ccccc2-c2ccccc21)C(=O)N1C(C(=O)O)COC1(C)C. The molecule has 1 amide bonds. The standard InChI is InChI=1S/C26H30N2O6/c1-15(2)22(23(29)28-21(24(30)31)14-34-26(28,3)4)27-25(32)33-13-20-18-11-7-5-9-16(18)17-10-6-8-12-19(17)20/h5-12,15,20-22H,13-14H2,1-4H3,(H,27,32)(H,30,31)/p-1/t21?,22-/m0/s1. The molecule has 2 aromatic carbocycles. The van der Waals surface area contributed by atoms with Crippen LogP contribution in [0.5, 0.6) is 0 Å². The first kappa shape index (κ1) is 23.8. The molecule has 0 radical (unpaired) electrons. The zero-order valence-electron chi connectivity index (χ0n) is 19.7. The van der Waals surface area contributed by atoms with Gasteiger partial charge in [-0.1, -0.05) is 62.4 Å². The fourth-order valence-corrected chi connectivity index (χ4v) is 4.78. The smallest absolute Gasteiger partial charge is 0.328 e. The van der Waals surface area contributed by atoms with Crippen molar-refractivity contribution < 1.29 is 29.3 Å². The zero-order valence-corrected chi connectivity index (χ0v) is 19.7. The number of benzene rings is 2. The molecule has 1 aliphatic heterocycles. The molecular weight excluding hydrogens is 436 g/mol. The van der Waals surface area contributed by atoms with E-state index in [0.29, 0.717) is 0 Å². The normalized spacial score (nSPS) is 20.2. The molecule has 1 heterocycles. The fraction of sp³-hybridized carbons (Fsp3) is 0.423. The van der Waals surface area contributed by atoms with E-state index in [1.807, 2.05) is 48.5 Å². The van der Waals surface area contributed by atoms with Crippen LogP contribution in [0.25, 0.3) is 11.1 Å². The van der Waals surface area contributed by atoms with Crippen LogP contribution in [0, 0.1) is 5.92 Å². The lowest BCUT2D eigenvalue weighted by molar-refractivity contribution is -0.251. The molecule has 0 bridgehead atoms. The largest absolute Gasteiger partial charge is 0.599 e. The number of fused-ring (bicyclic) bond motifs is 3. The molecule has 8 heteroatoms. The summed E-state index contributed by atoms with van der Waals surface area (Å²) in [6.07, 6.45) is -0.848. The Bertz CT molecular complexity index is 1080. The third-order valence-electron chi connectivity index (χ3n) is 6.47. The van der Waals surface area contributed by atoms with E-state index in [1.54, 1.807) is 27.7 Å². The van der Waals surface area contributed by atoms with Crippen LogP contribution in [0.4, 0.5) is 0 Å². The van der Waals surface area contributed by atoms with Gasteiger partial charge < -0.3 is 19.7 Å². The Morgan fingerprint density at radius 1 is 1.15 bits per heavy atom. The van der Waals surface area contributed by atoms with Crippen LogP contribution in [-0.4, -0.2) is 59.0 Å². The van der Waals surface area contributed by atoms with Gasteiger partial charge >= 0.3 is 5.97 Å². The minimum Gasteiger partial charge on any atom is -0.599 e. The number of carboxylic acids is 1. The van der Waals surface area contributed by atoms with E-state index in [9.17, 15) is 19.8 Å². The molecule has 0 aromatic heterocycles. The number of amides is 1. The maximum absolute atomic E-state index is 13.3. The lowest BCUT2D eigenvalue weighted by Gasteiger charge is -2.35. The number of carboxylic acid groups (broad SMARTS) is 1. The molecule has 8 nitrogen and oxygen atoms in total. The maximum Gasteiger partial charge on any atom is 0.328 e. The van der Waals surface area contributed by atoms with Crippen LogP contribution in [-0.2, 0) is 19.1 Å². The monoisotopic (exact) mass is 465 g/mol. The summed E-state index contributed by atoms with van der Waals surface area (Å²) in [4.78, 5) is 30.2. The Labute approximate surface area is 198 Å². The second-order valence-electron chi connectivity index (χ2n) is 9.44. The number of nitrogens with zero attached hydrogens (tertiary/aromatic N) is 2. The summed E-state index contributed by atoms with van der Waals surface area (Å²) in [6.45, 7) is 6.72. The topological polar surface area (TPSA) is 111 Å². The Morgan fingerprint density at radius 3 is 2.24 bits per heavy atom. The first-order valence-corrected chi connectivity index (χ1v) is 11.4. The molecule has 1 N–H and O–H groups in total. The van der Waals surface area contributed by atoms with Gasteiger partial charge in [-0.3, -0.25) is 14.7 Å². The third kappa shape index (κ3) is 4.25. The lowest BCUT2D eigenvalue weighted by Crippen LogP contribution is -2.55. The van der Waals surface area contributed by atoms with E-state index in [0.717, 1.165) is 22.3 Å². The predicted molar refractivity (Wildman–Crippen MR) is 124 cm³/mol. The van der Waals surface area contributed by atoms with Gasteiger partial charge in [0.05, 0.1) is 6.61 Å². The highest BCUT2D eigenvalue weighted by Gasteiger charge is 2.49. The summed E-state index contributed by atoms with van der Waals surface area (Å²) in [7, 11) is 0. The van der Waals surface area contributed by atoms with Gasteiger partial charge in [0.1, 0.15) is 17.9 Å². The summed E-state index contributed by atoms with van der Waals surface area (Å²) in [5.41, 5.74) is 3.26. The highest BCUT2D eigenvalue weighted by molar-refractivity contribution is 5.89. The molecule has 1 fully saturated rings. The van der Waals surface area contributed by atoms with E-state index in [4.69, 9.17) is 9.47 Å². The number of carbonyl (C=O) groups is 2. The zero-order chi connectivity index (χ0) is 24.6. The van der Waals surface area contributed by atoms with Crippen molar-refractivity contribution in [2.45, 2.75) is 51.4 Å². The summed E-state index contributed by atoms with van der Waals surface area (Å²) >= 11 is 0. The number of carbonyl (C=O) groups excluding carboxylic acids is 1. The van der Waals surface area contributed by atoms with Crippen molar-refractivity contribution >= 4 is 18.0 Å². The number of hydrogen-bond donors (Lipinski definition) is 1. The molecule has 2 aromatic rings. The average molecular weight is 466 g/mol. The Kier molecular flexibility index (Phi) is 6.36. The molecule has 2 aliphatic rings. The minimum absolute atomic E-state index is 0.0887.